The Morgan fingerprint density at radius 1 is 1.43 bits per heavy atom. The van der Waals surface area contributed by atoms with Crippen LogP contribution in [0.3, 0.4) is 0 Å². The van der Waals surface area contributed by atoms with Crippen LogP contribution in [0.4, 0.5) is 0 Å². The van der Waals surface area contributed by atoms with Crippen LogP contribution in [0.25, 0.3) is 0 Å². The van der Waals surface area contributed by atoms with Gasteiger partial charge < -0.3 is 14.8 Å². The lowest BCUT2D eigenvalue weighted by atomic mass is 10.3. The highest BCUT2D eigenvalue weighted by molar-refractivity contribution is 8.00. The van der Waals surface area contributed by atoms with E-state index in [9.17, 15) is 9.59 Å². The van der Waals surface area contributed by atoms with Gasteiger partial charge in [0.25, 0.3) is 0 Å². The predicted octanol–water partition coefficient (Wildman–Crippen LogP) is 2.17. The molecule has 1 amide bonds. The number of carboxylic acids is 1. The van der Waals surface area contributed by atoms with E-state index in [-0.39, 0.29) is 11.5 Å². The molecular formula is C14H14N2O4S. The molecule has 2 aromatic rings. The van der Waals surface area contributed by atoms with Gasteiger partial charge >= 0.3 is 5.97 Å². The first-order valence-corrected chi connectivity index (χ1v) is 7.11. The van der Waals surface area contributed by atoms with Crippen LogP contribution in [0, 0.1) is 0 Å². The molecule has 1 atom stereocenters. The number of nitrogens with zero attached hydrogens (tertiary/aromatic N) is 1. The van der Waals surface area contributed by atoms with Crippen LogP contribution < -0.4 is 5.32 Å². The number of furan rings is 1. The highest BCUT2D eigenvalue weighted by Gasteiger charge is 2.19. The molecule has 0 spiro atoms. The van der Waals surface area contributed by atoms with E-state index in [0.29, 0.717) is 17.3 Å². The zero-order valence-corrected chi connectivity index (χ0v) is 12.1. The van der Waals surface area contributed by atoms with Gasteiger partial charge in [0.15, 0.2) is 0 Å². The Hall–Kier alpha value is -2.28. The molecule has 0 fully saturated rings. The third-order valence-corrected chi connectivity index (χ3v) is 3.79. The number of amides is 1. The number of aromatic carboxylic acids is 1. The van der Waals surface area contributed by atoms with Crippen molar-refractivity contribution in [3.8, 4) is 0 Å². The van der Waals surface area contributed by atoms with E-state index in [1.807, 2.05) is 0 Å². The molecule has 2 N–H and O–H groups in total. The van der Waals surface area contributed by atoms with Crippen molar-refractivity contribution in [1.29, 1.82) is 0 Å². The summed E-state index contributed by atoms with van der Waals surface area (Å²) in [5, 5.41) is 11.7. The zero-order chi connectivity index (χ0) is 15.2. The molecule has 0 aliphatic rings. The quantitative estimate of drug-likeness (QED) is 0.795. The number of aromatic nitrogens is 1. The molecule has 0 saturated heterocycles. The van der Waals surface area contributed by atoms with Crippen LogP contribution >= 0.6 is 11.8 Å². The first kappa shape index (κ1) is 15.1. The lowest BCUT2D eigenvalue weighted by Crippen LogP contribution is -2.30. The van der Waals surface area contributed by atoms with E-state index in [1.165, 1.54) is 18.5 Å². The molecule has 0 aliphatic carbocycles. The van der Waals surface area contributed by atoms with Gasteiger partial charge in [-0.25, -0.2) is 9.78 Å². The normalized spacial score (nSPS) is 11.9. The van der Waals surface area contributed by atoms with Gasteiger partial charge in [0.2, 0.25) is 5.91 Å². The fourth-order valence-corrected chi connectivity index (χ4v) is 2.53. The van der Waals surface area contributed by atoms with Gasteiger partial charge in [-0.3, -0.25) is 4.79 Å². The van der Waals surface area contributed by atoms with E-state index in [2.05, 4.69) is 10.3 Å². The van der Waals surface area contributed by atoms with Crippen molar-refractivity contribution in [2.45, 2.75) is 23.7 Å². The molecule has 0 radical (unpaired) electrons. The molecule has 0 aromatic carbocycles. The molecule has 2 rings (SSSR count). The van der Waals surface area contributed by atoms with E-state index < -0.39 is 11.2 Å². The summed E-state index contributed by atoms with van der Waals surface area (Å²) in [7, 11) is 0. The van der Waals surface area contributed by atoms with Gasteiger partial charge in [0.05, 0.1) is 23.6 Å². The first-order valence-electron chi connectivity index (χ1n) is 6.23. The summed E-state index contributed by atoms with van der Waals surface area (Å²) in [5.41, 5.74) is 0.0909. The third kappa shape index (κ3) is 4.09. The number of carbonyl (C=O) groups is 2. The van der Waals surface area contributed by atoms with Crippen LogP contribution in [0.1, 0.15) is 23.0 Å². The van der Waals surface area contributed by atoms with E-state index in [1.54, 1.807) is 25.1 Å². The fourth-order valence-electron chi connectivity index (χ4n) is 1.60. The Morgan fingerprint density at radius 3 is 2.90 bits per heavy atom. The Labute approximate surface area is 125 Å². The van der Waals surface area contributed by atoms with Crippen LogP contribution in [0.15, 0.2) is 46.2 Å². The number of pyridine rings is 1. The number of thioether (sulfide) groups is 1. The topological polar surface area (TPSA) is 92.4 Å². The maximum Gasteiger partial charge on any atom is 0.338 e. The monoisotopic (exact) mass is 306 g/mol. The maximum absolute atomic E-state index is 12.0. The molecule has 21 heavy (non-hydrogen) atoms. The molecule has 110 valence electrons. The average Bonchev–Trinajstić information content (AvgIpc) is 2.98. The number of carboxylic acid groups (broad SMARTS) is 1. The molecule has 2 heterocycles. The average molecular weight is 306 g/mol. The smallest absolute Gasteiger partial charge is 0.338 e. The van der Waals surface area contributed by atoms with Crippen molar-refractivity contribution in [3.05, 3.63) is 48.0 Å². The molecule has 0 saturated carbocycles. The number of rotatable bonds is 6. The van der Waals surface area contributed by atoms with Gasteiger partial charge in [-0.15, -0.1) is 0 Å². The van der Waals surface area contributed by atoms with E-state index in [0.717, 1.165) is 11.8 Å². The van der Waals surface area contributed by atoms with E-state index >= 15 is 0 Å². The highest BCUT2D eigenvalue weighted by atomic mass is 32.2. The molecule has 2 aromatic heterocycles. The highest BCUT2D eigenvalue weighted by Crippen LogP contribution is 2.24. The lowest BCUT2D eigenvalue weighted by molar-refractivity contribution is -0.120. The number of hydrogen-bond acceptors (Lipinski definition) is 5. The molecule has 7 heteroatoms. The van der Waals surface area contributed by atoms with Crippen molar-refractivity contribution in [2.75, 3.05) is 0 Å². The minimum Gasteiger partial charge on any atom is -0.478 e. The summed E-state index contributed by atoms with van der Waals surface area (Å²) in [6, 6.07) is 6.52. The van der Waals surface area contributed by atoms with Gasteiger partial charge in [0.1, 0.15) is 10.8 Å². The van der Waals surface area contributed by atoms with Crippen molar-refractivity contribution in [2.24, 2.45) is 0 Å². The number of hydrogen-bond donors (Lipinski definition) is 2. The Kier molecular flexibility index (Phi) is 4.99. The minimum absolute atomic E-state index is 0.0909. The fraction of sp³-hybridized carbons (Fsp3) is 0.214. The zero-order valence-electron chi connectivity index (χ0n) is 11.3. The van der Waals surface area contributed by atoms with Gasteiger partial charge in [-0.05, 0) is 31.2 Å². The SMILES string of the molecule is C[C@H](Sc1ncccc1C(=O)O)C(=O)NCc1ccco1. The van der Waals surface area contributed by atoms with Gasteiger partial charge in [-0.1, -0.05) is 11.8 Å². The van der Waals surface area contributed by atoms with Gasteiger partial charge in [-0.2, -0.15) is 0 Å². The molecule has 0 bridgehead atoms. The van der Waals surface area contributed by atoms with Crippen molar-refractivity contribution >= 4 is 23.6 Å². The van der Waals surface area contributed by atoms with Crippen LogP contribution in [0.2, 0.25) is 0 Å². The van der Waals surface area contributed by atoms with Crippen molar-refractivity contribution in [3.63, 3.8) is 0 Å². The summed E-state index contributed by atoms with van der Waals surface area (Å²) in [6.45, 7) is 1.99. The number of nitrogens with one attached hydrogen (secondary N) is 1. The van der Waals surface area contributed by atoms with E-state index in [4.69, 9.17) is 9.52 Å². The van der Waals surface area contributed by atoms with Crippen LogP contribution in [-0.2, 0) is 11.3 Å². The summed E-state index contributed by atoms with van der Waals surface area (Å²) in [5.74, 6) is -0.614. The summed E-state index contributed by atoms with van der Waals surface area (Å²) in [4.78, 5) is 27.1. The second-order valence-corrected chi connectivity index (χ2v) is 5.55. The molecular weight excluding hydrogens is 292 g/mol. The Morgan fingerprint density at radius 2 is 2.24 bits per heavy atom. The third-order valence-electron chi connectivity index (χ3n) is 2.68. The second kappa shape index (κ2) is 6.94. The number of carbonyl (C=O) groups excluding carboxylic acids is 1. The lowest BCUT2D eigenvalue weighted by Gasteiger charge is -2.11. The van der Waals surface area contributed by atoms with Crippen LogP contribution in [-0.4, -0.2) is 27.2 Å². The Balaban J connectivity index is 1.96. The summed E-state index contributed by atoms with van der Waals surface area (Å²) in [6.07, 6.45) is 3.04. The largest absolute Gasteiger partial charge is 0.478 e. The van der Waals surface area contributed by atoms with Crippen molar-refractivity contribution in [1.82, 2.24) is 10.3 Å². The Bertz CT molecular complexity index is 628. The minimum atomic E-state index is -1.06. The first-order chi connectivity index (χ1) is 10.1. The predicted molar refractivity (Wildman–Crippen MR) is 77.1 cm³/mol. The standard InChI is InChI=1S/C14H14N2O4S/c1-9(12(17)16-8-10-4-3-7-20-10)21-13-11(14(18)19)5-2-6-15-13/h2-7,9H,8H2,1H3,(H,16,17)(H,18,19)/t9-/m0/s1. The van der Waals surface area contributed by atoms with Crippen molar-refractivity contribution < 1.29 is 19.1 Å². The molecule has 6 nitrogen and oxygen atoms in total. The maximum atomic E-state index is 12.0. The summed E-state index contributed by atoms with van der Waals surface area (Å²) >= 11 is 1.11. The molecule has 0 aliphatic heterocycles. The summed E-state index contributed by atoms with van der Waals surface area (Å²) < 4.78 is 5.12. The second-order valence-electron chi connectivity index (χ2n) is 4.22. The molecule has 0 unspecified atom stereocenters. The van der Waals surface area contributed by atoms with Crippen LogP contribution in [0.5, 0.6) is 0 Å². The van der Waals surface area contributed by atoms with Gasteiger partial charge in [0, 0.05) is 6.20 Å².